The average Bonchev–Trinajstić information content (AvgIpc) is 2.61. The fraction of sp³-hybridized carbons (Fsp3) is 0.125. The minimum absolute atomic E-state index is 0.186. The van der Waals surface area contributed by atoms with Gasteiger partial charge in [0.1, 0.15) is 0 Å². The summed E-state index contributed by atoms with van der Waals surface area (Å²) in [4.78, 5) is 16.5. The Hall–Kier alpha value is -0.910. The number of carbonyl (C=O) groups is 1. The van der Waals surface area contributed by atoms with Gasteiger partial charge in [-0.25, -0.2) is 5.48 Å². The van der Waals surface area contributed by atoms with Crippen molar-refractivity contribution in [1.82, 2.24) is 5.48 Å². The van der Waals surface area contributed by atoms with Gasteiger partial charge in [0.25, 0.3) is 5.91 Å². The second kappa shape index (κ2) is 3.45. The molecule has 0 aromatic carbocycles. The Morgan fingerprint density at radius 3 is 3.08 bits per heavy atom. The van der Waals surface area contributed by atoms with E-state index in [0.29, 0.717) is 4.88 Å². The number of carbonyl (C=O) groups excluding carboxylic acids is 1. The van der Waals surface area contributed by atoms with Gasteiger partial charge in [-0.05, 0) is 11.4 Å². The highest BCUT2D eigenvalue weighted by Crippen LogP contribution is 2.28. The molecular weight excluding hydrogens is 206 g/mol. The summed E-state index contributed by atoms with van der Waals surface area (Å²) in [6.07, 6.45) is 0. The normalized spacial score (nSPS) is 10.5. The number of hydroxylamine groups is 1. The van der Waals surface area contributed by atoms with Crippen molar-refractivity contribution in [2.75, 3.05) is 7.11 Å². The third-order valence-corrected chi connectivity index (χ3v) is 3.59. The van der Waals surface area contributed by atoms with E-state index in [1.165, 1.54) is 18.4 Å². The fourth-order valence-corrected chi connectivity index (χ4v) is 2.92. The standard InChI is InChI=1S/C8H7NO2S2/c1-11-9-8(10)6-2-5-3-12-4-7(5)13-6/h2-4H,1H3,(H,9,10). The molecule has 0 saturated heterocycles. The Morgan fingerprint density at radius 1 is 1.54 bits per heavy atom. The van der Waals surface area contributed by atoms with Crippen LogP contribution < -0.4 is 5.48 Å². The molecule has 0 aliphatic heterocycles. The zero-order valence-corrected chi connectivity index (χ0v) is 8.50. The Labute approximate surface area is 82.9 Å². The summed E-state index contributed by atoms with van der Waals surface area (Å²) in [5.41, 5.74) is 2.29. The third kappa shape index (κ3) is 1.58. The quantitative estimate of drug-likeness (QED) is 0.777. The highest BCUT2D eigenvalue weighted by atomic mass is 32.1. The van der Waals surface area contributed by atoms with E-state index < -0.39 is 0 Å². The van der Waals surface area contributed by atoms with Crippen molar-refractivity contribution in [3.8, 4) is 0 Å². The second-order valence-electron chi connectivity index (χ2n) is 2.44. The highest BCUT2D eigenvalue weighted by Gasteiger charge is 2.09. The van der Waals surface area contributed by atoms with Gasteiger partial charge in [-0.1, -0.05) is 0 Å². The van der Waals surface area contributed by atoms with E-state index in [9.17, 15) is 4.79 Å². The molecular formula is C8H7NO2S2. The van der Waals surface area contributed by atoms with Gasteiger partial charge >= 0.3 is 0 Å². The molecule has 0 aliphatic rings. The zero-order chi connectivity index (χ0) is 9.26. The van der Waals surface area contributed by atoms with E-state index >= 15 is 0 Å². The molecule has 0 unspecified atom stereocenters. The van der Waals surface area contributed by atoms with Crippen molar-refractivity contribution in [2.24, 2.45) is 0 Å². The van der Waals surface area contributed by atoms with E-state index in [1.807, 2.05) is 16.8 Å². The lowest BCUT2D eigenvalue weighted by Gasteiger charge is -1.96. The smallest absolute Gasteiger partial charge is 0.277 e. The van der Waals surface area contributed by atoms with Gasteiger partial charge in [0.2, 0.25) is 0 Å². The minimum atomic E-state index is -0.186. The Balaban J connectivity index is 2.34. The molecule has 0 bridgehead atoms. The number of fused-ring (bicyclic) bond motifs is 1. The van der Waals surface area contributed by atoms with Gasteiger partial charge < -0.3 is 0 Å². The summed E-state index contributed by atoms with van der Waals surface area (Å²) in [6, 6.07) is 1.87. The van der Waals surface area contributed by atoms with Gasteiger partial charge in [-0.2, -0.15) is 11.3 Å². The van der Waals surface area contributed by atoms with Crippen LogP contribution in [0, 0.1) is 0 Å². The molecule has 2 rings (SSSR count). The van der Waals surface area contributed by atoms with Crippen LogP contribution in [-0.2, 0) is 4.84 Å². The summed E-state index contributed by atoms with van der Waals surface area (Å²) < 4.78 is 1.14. The molecule has 2 heterocycles. The first-order valence-corrected chi connectivity index (χ1v) is 5.36. The molecule has 1 amide bonds. The van der Waals surface area contributed by atoms with Gasteiger partial charge in [-0.3, -0.25) is 9.63 Å². The maximum absolute atomic E-state index is 11.3. The van der Waals surface area contributed by atoms with E-state index in [0.717, 1.165) is 10.1 Å². The Kier molecular flexibility index (Phi) is 2.30. The first-order valence-electron chi connectivity index (χ1n) is 3.60. The topological polar surface area (TPSA) is 38.3 Å². The summed E-state index contributed by atoms with van der Waals surface area (Å²) in [5, 5.41) is 5.18. The van der Waals surface area contributed by atoms with Crippen molar-refractivity contribution in [2.45, 2.75) is 0 Å². The Morgan fingerprint density at radius 2 is 2.38 bits per heavy atom. The maximum Gasteiger partial charge on any atom is 0.284 e. The van der Waals surface area contributed by atoms with Crippen LogP contribution in [0.3, 0.4) is 0 Å². The van der Waals surface area contributed by atoms with Gasteiger partial charge in [0, 0.05) is 15.5 Å². The average molecular weight is 213 g/mol. The van der Waals surface area contributed by atoms with Crippen molar-refractivity contribution in [3.63, 3.8) is 0 Å². The van der Waals surface area contributed by atoms with Gasteiger partial charge in [-0.15, -0.1) is 11.3 Å². The molecule has 2 aromatic rings. The summed E-state index contributed by atoms with van der Waals surface area (Å²) in [7, 11) is 1.42. The number of thiophene rings is 2. The van der Waals surface area contributed by atoms with Crippen molar-refractivity contribution >= 4 is 38.7 Å². The molecule has 0 aliphatic carbocycles. The third-order valence-electron chi connectivity index (χ3n) is 1.58. The van der Waals surface area contributed by atoms with Crippen LogP contribution in [0.25, 0.3) is 10.1 Å². The molecule has 2 aromatic heterocycles. The van der Waals surface area contributed by atoms with Crippen molar-refractivity contribution in [3.05, 3.63) is 21.7 Å². The molecule has 68 valence electrons. The van der Waals surface area contributed by atoms with Gasteiger partial charge in [0.15, 0.2) is 0 Å². The number of amides is 1. The van der Waals surface area contributed by atoms with Crippen LogP contribution in [0.4, 0.5) is 0 Å². The molecule has 0 spiro atoms. The van der Waals surface area contributed by atoms with Gasteiger partial charge in [0.05, 0.1) is 12.0 Å². The first-order chi connectivity index (χ1) is 6.31. The number of hydrogen-bond donors (Lipinski definition) is 1. The van der Waals surface area contributed by atoms with Crippen LogP contribution in [0.15, 0.2) is 16.8 Å². The summed E-state index contributed by atoms with van der Waals surface area (Å²) in [5.74, 6) is -0.186. The van der Waals surface area contributed by atoms with Crippen LogP contribution in [0.5, 0.6) is 0 Å². The predicted octanol–water partition coefficient (Wildman–Crippen LogP) is 2.25. The molecule has 3 nitrogen and oxygen atoms in total. The monoisotopic (exact) mass is 213 g/mol. The minimum Gasteiger partial charge on any atom is -0.277 e. The molecule has 13 heavy (non-hydrogen) atoms. The number of hydrogen-bond acceptors (Lipinski definition) is 4. The lowest BCUT2D eigenvalue weighted by molar-refractivity contribution is 0.0542. The molecule has 1 N–H and O–H groups in total. The van der Waals surface area contributed by atoms with E-state index in [1.54, 1.807) is 11.3 Å². The van der Waals surface area contributed by atoms with Crippen molar-refractivity contribution < 1.29 is 9.63 Å². The molecule has 5 heteroatoms. The highest BCUT2D eigenvalue weighted by molar-refractivity contribution is 7.24. The Bertz CT molecular complexity index is 403. The van der Waals surface area contributed by atoms with Crippen LogP contribution >= 0.6 is 22.7 Å². The maximum atomic E-state index is 11.3. The number of rotatable bonds is 2. The molecule has 0 atom stereocenters. The SMILES string of the molecule is CONC(=O)c1cc2cscc2s1. The lowest BCUT2D eigenvalue weighted by atomic mass is 10.3. The van der Waals surface area contributed by atoms with Crippen LogP contribution in [-0.4, -0.2) is 13.0 Å². The summed E-state index contributed by atoms with van der Waals surface area (Å²) in [6.45, 7) is 0. The largest absolute Gasteiger partial charge is 0.284 e. The van der Waals surface area contributed by atoms with Crippen molar-refractivity contribution in [1.29, 1.82) is 0 Å². The molecule has 0 radical (unpaired) electrons. The van der Waals surface area contributed by atoms with E-state index in [2.05, 4.69) is 10.3 Å². The molecule has 0 fully saturated rings. The molecule has 0 saturated carbocycles. The lowest BCUT2D eigenvalue weighted by Crippen LogP contribution is -2.20. The zero-order valence-electron chi connectivity index (χ0n) is 6.87. The first kappa shape index (κ1) is 8.68. The van der Waals surface area contributed by atoms with Crippen LogP contribution in [0.2, 0.25) is 0 Å². The second-order valence-corrected chi connectivity index (χ2v) is 4.26. The van der Waals surface area contributed by atoms with E-state index in [-0.39, 0.29) is 5.91 Å². The summed E-state index contributed by atoms with van der Waals surface area (Å²) >= 11 is 3.11. The number of nitrogens with one attached hydrogen (secondary N) is 1. The van der Waals surface area contributed by atoms with E-state index in [4.69, 9.17) is 0 Å². The predicted molar refractivity (Wildman–Crippen MR) is 54.2 cm³/mol. The van der Waals surface area contributed by atoms with Crippen LogP contribution in [0.1, 0.15) is 9.67 Å². The fourth-order valence-electron chi connectivity index (χ4n) is 1.03.